The smallest absolute Gasteiger partial charge is 0.125 e. The third-order valence-corrected chi connectivity index (χ3v) is 3.66. The number of hydrogen-bond donors (Lipinski definition) is 1. The molecule has 23 heavy (non-hydrogen) atoms. The van der Waals surface area contributed by atoms with Gasteiger partial charge in [0.1, 0.15) is 11.6 Å². The van der Waals surface area contributed by atoms with E-state index in [1.165, 1.54) is 43.7 Å². The Labute approximate surface area is 139 Å². The first-order chi connectivity index (χ1) is 11.1. The van der Waals surface area contributed by atoms with Gasteiger partial charge in [0.15, 0.2) is 0 Å². The Morgan fingerprint density at radius 3 is 2.30 bits per heavy atom. The Bertz CT molecular complexity index is 534. The van der Waals surface area contributed by atoms with Crippen LogP contribution in [0.5, 0.6) is 0 Å². The van der Waals surface area contributed by atoms with Gasteiger partial charge in [0.25, 0.3) is 0 Å². The lowest BCUT2D eigenvalue weighted by Gasteiger charge is -2.16. The van der Waals surface area contributed by atoms with E-state index in [2.05, 4.69) is 29.9 Å². The molecule has 126 valence electrons. The molecule has 2 rings (SSSR count). The van der Waals surface area contributed by atoms with Gasteiger partial charge >= 0.3 is 0 Å². The second kappa shape index (κ2) is 10.7. The van der Waals surface area contributed by atoms with Crippen LogP contribution in [0.1, 0.15) is 63.3 Å². The van der Waals surface area contributed by atoms with Crippen LogP contribution in [0.3, 0.4) is 0 Å². The molecule has 2 aromatic rings. The van der Waals surface area contributed by atoms with E-state index in [4.69, 9.17) is 5.73 Å². The van der Waals surface area contributed by atoms with Gasteiger partial charge in [-0.25, -0.2) is 14.4 Å². The summed E-state index contributed by atoms with van der Waals surface area (Å²) in [6.45, 7) is 6.21. The van der Waals surface area contributed by atoms with Crippen molar-refractivity contribution in [2.45, 2.75) is 58.8 Å². The SMILES string of the molecule is CCCCC(CCC)c1cccc(F)c1.Cc1ncc(N)cn1. The molecule has 1 aromatic carbocycles. The van der Waals surface area contributed by atoms with E-state index >= 15 is 0 Å². The van der Waals surface area contributed by atoms with Crippen LogP contribution in [0.25, 0.3) is 0 Å². The molecule has 0 aliphatic heterocycles. The fraction of sp³-hybridized carbons (Fsp3) is 0.474. The normalized spacial score (nSPS) is 11.5. The van der Waals surface area contributed by atoms with Gasteiger partial charge in [0, 0.05) is 0 Å². The van der Waals surface area contributed by atoms with E-state index in [1.807, 2.05) is 13.0 Å². The fourth-order valence-corrected chi connectivity index (χ4v) is 2.44. The zero-order valence-corrected chi connectivity index (χ0v) is 14.4. The Kier molecular flexibility index (Phi) is 8.88. The molecule has 0 aliphatic carbocycles. The summed E-state index contributed by atoms with van der Waals surface area (Å²) in [5, 5.41) is 0. The number of aryl methyl sites for hydroxylation is 1. The van der Waals surface area contributed by atoms with Crippen molar-refractivity contribution < 1.29 is 4.39 Å². The van der Waals surface area contributed by atoms with Crippen molar-refractivity contribution in [3.63, 3.8) is 0 Å². The Balaban J connectivity index is 0.000000277. The summed E-state index contributed by atoms with van der Waals surface area (Å²) in [5.74, 6) is 1.19. The number of rotatable bonds is 6. The van der Waals surface area contributed by atoms with Gasteiger partial charge in [-0.05, 0) is 43.4 Å². The van der Waals surface area contributed by atoms with E-state index < -0.39 is 0 Å². The van der Waals surface area contributed by atoms with Gasteiger partial charge in [0.2, 0.25) is 0 Å². The summed E-state index contributed by atoms with van der Waals surface area (Å²) in [7, 11) is 0. The lowest BCUT2D eigenvalue weighted by Crippen LogP contribution is -1.99. The van der Waals surface area contributed by atoms with Crippen LogP contribution in [0.15, 0.2) is 36.7 Å². The first kappa shape index (κ1) is 19.1. The highest BCUT2D eigenvalue weighted by atomic mass is 19.1. The number of anilines is 1. The monoisotopic (exact) mass is 317 g/mol. The third-order valence-electron chi connectivity index (χ3n) is 3.66. The molecule has 1 aromatic heterocycles. The molecular weight excluding hydrogens is 289 g/mol. The van der Waals surface area contributed by atoms with Gasteiger partial charge in [-0.2, -0.15) is 0 Å². The van der Waals surface area contributed by atoms with Crippen molar-refractivity contribution in [3.05, 3.63) is 53.9 Å². The molecule has 0 radical (unpaired) electrons. The molecule has 0 spiro atoms. The zero-order chi connectivity index (χ0) is 17.1. The minimum atomic E-state index is -0.106. The number of benzene rings is 1. The topological polar surface area (TPSA) is 51.8 Å². The van der Waals surface area contributed by atoms with Crippen LogP contribution >= 0.6 is 0 Å². The van der Waals surface area contributed by atoms with Crippen LogP contribution in [0.4, 0.5) is 10.1 Å². The maximum Gasteiger partial charge on any atom is 0.125 e. The molecule has 3 nitrogen and oxygen atoms in total. The van der Waals surface area contributed by atoms with Crippen molar-refractivity contribution in [2.75, 3.05) is 5.73 Å². The molecule has 1 unspecified atom stereocenters. The maximum atomic E-state index is 13.1. The molecule has 0 saturated heterocycles. The molecule has 0 bridgehead atoms. The van der Waals surface area contributed by atoms with Crippen LogP contribution < -0.4 is 5.73 Å². The van der Waals surface area contributed by atoms with Gasteiger partial charge < -0.3 is 5.73 Å². The summed E-state index contributed by atoms with van der Waals surface area (Å²) in [6.07, 6.45) is 9.16. The largest absolute Gasteiger partial charge is 0.396 e. The first-order valence-electron chi connectivity index (χ1n) is 8.36. The summed E-state index contributed by atoms with van der Waals surface area (Å²) < 4.78 is 13.1. The van der Waals surface area contributed by atoms with Crippen molar-refractivity contribution >= 4 is 5.69 Å². The first-order valence-corrected chi connectivity index (χ1v) is 8.36. The standard InChI is InChI=1S/C14H21F.C5H7N3/c1-3-5-8-12(7-4-2)13-9-6-10-14(15)11-13;1-4-7-2-5(6)3-8-4/h6,9-12H,3-5,7-8H2,1-2H3;2-3H,6H2,1H3. The number of aromatic nitrogens is 2. The van der Waals surface area contributed by atoms with Gasteiger partial charge in [-0.1, -0.05) is 45.2 Å². The molecule has 0 amide bonds. The van der Waals surface area contributed by atoms with Crippen LogP contribution in [-0.2, 0) is 0 Å². The quantitative estimate of drug-likeness (QED) is 0.790. The van der Waals surface area contributed by atoms with E-state index in [0.29, 0.717) is 11.6 Å². The summed E-state index contributed by atoms with van der Waals surface area (Å²) in [6, 6.07) is 7.08. The Hall–Kier alpha value is -1.97. The van der Waals surface area contributed by atoms with Crippen molar-refractivity contribution in [1.82, 2.24) is 9.97 Å². The highest BCUT2D eigenvalue weighted by molar-refractivity contribution is 5.29. The number of unbranched alkanes of at least 4 members (excludes halogenated alkanes) is 1. The van der Waals surface area contributed by atoms with Crippen molar-refractivity contribution in [3.8, 4) is 0 Å². The van der Waals surface area contributed by atoms with Crippen LogP contribution in [0, 0.1) is 12.7 Å². The van der Waals surface area contributed by atoms with Gasteiger partial charge in [-0.3, -0.25) is 0 Å². The summed E-state index contributed by atoms with van der Waals surface area (Å²) >= 11 is 0. The predicted molar refractivity (Wildman–Crippen MR) is 94.8 cm³/mol. The molecule has 0 saturated carbocycles. The number of halogens is 1. The van der Waals surface area contributed by atoms with E-state index in [0.717, 1.165) is 5.82 Å². The Morgan fingerprint density at radius 2 is 1.78 bits per heavy atom. The molecule has 0 fully saturated rings. The predicted octanol–water partition coefficient (Wildman–Crippen LogP) is 5.27. The minimum Gasteiger partial charge on any atom is -0.396 e. The molecule has 1 atom stereocenters. The van der Waals surface area contributed by atoms with Crippen molar-refractivity contribution in [1.29, 1.82) is 0 Å². The van der Waals surface area contributed by atoms with Gasteiger partial charge in [-0.15, -0.1) is 0 Å². The van der Waals surface area contributed by atoms with Crippen LogP contribution in [-0.4, -0.2) is 9.97 Å². The molecule has 0 aliphatic rings. The summed E-state index contributed by atoms with van der Waals surface area (Å²) in [5.41, 5.74) is 7.08. The highest BCUT2D eigenvalue weighted by Gasteiger charge is 2.10. The number of nitrogens with zero attached hydrogens (tertiary/aromatic N) is 2. The van der Waals surface area contributed by atoms with Crippen molar-refractivity contribution in [2.24, 2.45) is 0 Å². The zero-order valence-electron chi connectivity index (χ0n) is 14.4. The number of hydrogen-bond acceptors (Lipinski definition) is 3. The molecular formula is C19H28FN3. The molecule has 1 heterocycles. The van der Waals surface area contributed by atoms with E-state index in [9.17, 15) is 4.39 Å². The van der Waals surface area contributed by atoms with E-state index in [-0.39, 0.29) is 5.82 Å². The second-order valence-corrected chi connectivity index (χ2v) is 5.75. The third kappa shape index (κ3) is 7.73. The van der Waals surface area contributed by atoms with Crippen LogP contribution in [0.2, 0.25) is 0 Å². The van der Waals surface area contributed by atoms with E-state index in [1.54, 1.807) is 18.5 Å². The number of nitrogen functional groups attached to an aromatic ring is 1. The van der Waals surface area contributed by atoms with Gasteiger partial charge in [0.05, 0.1) is 18.1 Å². The highest BCUT2D eigenvalue weighted by Crippen LogP contribution is 2.27. The second-order valence-electron chi connectivity index (χ2n) is 5.75. The fourth-order valence-electron chi connectivity index (χ4n) is 2.44. The number of nitrogens with two attached hydrogens (primary N) is 1. The average Bonchev–Trinajstić information content (AvgIpc) is 2.55. The summed E-state index contributed by atoms with van der Waals surface area (Å²) in [4.78, 5) is 7.69. The minimum absolute atomic E-state index is 0.106. The average molecular weight is 317 g/mol. The lowest BCUT2D eigenvalue weighted by atomic mass is 9.90. The maximum absolute atomic E-state index is 13.1. The molecule has 2 N–H and O–H groups in total. The Morgan fingerprint density at radius 1 is 1.09 bits per heavy atom. The molecule has 4 heteroatoms. The lowest BCUT2D eigenvalue weighted by molar-refractivity contribution is 0.535.